The van der Waals surface area contributed by atoms with Gasteiger partial charge in [-0.1, -0.05) is 18.9 Å². The summed E-state index contributed by atoms with van der Waals surface area (Å²) >= 11 is 0. The SMILES string of the molecule is COc1ccc(CNC(=O)c2ccc(NC3CCCC3)nn2)cc1OC. The Balaban J connectivity index is 1.56. The average molecular weight is 356 g/mol. The lowest BCUT2D eigenvalue weighted by atomic mass is 10.2. The highest BCUT2D eigenvalue weighted by molar-refractivity contribution is 5.92. The van der Waals surface area contributed by atoms with Crippen molar-refractivity contribution >= 4 is 11.7 Å². The third-order valence-corrected chi connectivity index (χ3v) is 4.51. The first-order chi connectivity index (χ1) is 12.7. The van der Waals surface area contributed by atoms with Gasteiger partial charge in [-0.15, -0.1) is 10.2 Å². The number of carbonyl (C=O) groups excluding carboxylic acids is 1. The van der Waals surface area contributed by atoms with Crippen LogP contribution in [0.25, 0.3) is 0 Å². The number of hydrogen-bond acceptors (Lipinski definition) is 6. The molecule has 3 rings (SSSR count). The topological polar surface area (TPSA) is 85.4 Å². The number of hydrogen-bond donors (Lipinski definition) is 2. The van der Waals surface area contributed by atoms with E-state index in [0.29, 0.717) is 35.6 Å². The molecule has 1 fully saturated rings. The molecule has 2 N–H and O–H groups in total. The standard InChI is InChI=1S/C19H24N4O3/c1-25-16-9-7-13(11-17(16)26-2)12-20-19(24)15-8-10-18(23-22-15)21-14-5-3-4-6-14/h7-11,14H,3-6,12H2,1-2H3,(H,20,24)(H,21,23). The Morgan fingerprint density at radius 3 is 2.50 bits per heavy atom. The molecule has 0 atom stereocenters. The molecule has 0 radical (unpaired) electrons. The Labute approximate surface area is 153 Å². The van der Waals surface area contributed by atoms with Gasteiger partial charge >= 0.3 is 0 Å². The van der Waals surface area contributed by atoms with Crippen LogP contribution < -0.4 is 20.1 Å². The van der Waals surface area contributed by atoms with Crippen molar-refractivity contribution in [1.29, 1.82) is 0 Å². The monoisotopic (exact) mass is 356 g/mol. The molecule has 1 amide bonds. The predicted octanol–water partition coefficient (Wildman–Crippen LogP) is 2.78. The lowest BCUT2D eigenvalue weighted by molar-refractivity contribution is 0.0945. The number of aromatic nitrogens is 2. The van der Waals surface area contributed by atoms with Gasteiger partial charge < -0.3 is 20.1 Å². The van der Waals surface area contributed by atoms with Gasteiger partial charge in [-0.05, 0) is 42.7 Å². The lowest BCUT2D eigenvalue weighted by Crippen LogP contribution is -2.24. The Morgan fingerprint density at radius 2 is 1.85 bits per heavy atom. The van der Waals surface area contributed by atoms with Crippen molar-refractivity contribution in [1.82, 2.24) is 15.5 Å². The van der Waals surface area contributed by atoms with E-state index in [4.69, 9.17) is 9.47 Å². The fourth-order valence-electron chi connectivity index (χ4n) is 3.07. The molecule has 7 heteroatoms. The number of methoxy groups -OCH3 is 2. The first kappa shape index (κ1) is 18.0. The van der Waals surface area contributed by atoms with Crippen LogP contribution in [-0.4, -0.2) is 36.4 Å². The fourth-order valence-corrected chi connectivity index (χ4v) is 3.07. The van der Waals surface area contributed by atoms with Gasteiger partial charge in [-0.3, -0.25) is 4.79 Å². The van der Waals surface area contributed by atoms with E-state index in [1.165, 1.54) is 12.8 Å². The van der Waals surface area contributed by atoms with Gasteiger partial charge in [-0.2, -0.15) is 0 Å². The van der Waals surface area contributed by atoms with Crippen LogP contribution in [0.5, 0.6) is 11.5 Å². The molecule has 1 saturated carbocycles. The van der Waals surface area contributed by atoms with Gasteiger partial charge in [0.2, 0.25) is 0 Å². The van der Waals surface area contributed by atoms with Crippen molar-refractivity contribution < 1.29 is 14.3 Å². The fraction of sp³-hybridized carbons (Fsp3) is 0.421. The Morgan fingerprint density at radius 1 is 1.08 bits per heavy atom. The van der Waals surface area contributed by atoms with Crippen LogP contribution in [0.2, 0.25) is 0 Å². The number of nitrogens with one attached hydrogen (secondary N) is 2. The summed E-state index contributed by atoms with van der Waals surface area (Å²) in [7, 11) is 3.17. The molecule has 0 spiro atoms. The molecule has 138 valence electrons. The van der Waals surface area contributed by atoms with Crippen LogP contribution in [-0.2, 0) is 6.54 Å². The summed E-state index contributed by atoms with van der Waals surface area (Å²) in [4.78, 5) is 12.3. The molecule has 0 saturated heterocycles. The van der Waals surface area contributed by atoms with Gasteiger partial charge in [-0.25, -0.2) is 0 Å². The van der Waals surface area contributed by atoms with Crippen molar-refractivity contribution in [2.24, 2.45) is 0 Å². The quantitative estimate of drug-likeness (QED) is 0.793. The molecule has 0 aliphatic heterocycles. The summed E-state index contributed by atoms with van der Waals surface area (Å²) in [6.07, 6.45) is 4.83. The average Bonchev–Trinajstić information content (AvgIpc) is 3.19. The Bertz CT molecular complexity index is 743. The van der Waals surface area contributed by atoms with Crippen LogP contribution in [0.15, 0.2) is 30.3 Å². The van der Waals surface area contributed by atoms with E-state index in [0.717, 1.165) is 18.4 Å². The number of ether oxygens (including phenoxy) is 2. The summed E-state index contributed by atoms with van der Waals surface area (Å²) in [6, 6.07) is 9.48. The van der Waals surface area contributed by atoms with E-state index in [9.17, 15) is 4.79 Å². The summed E-state index contributed by atoms with van der Waals surface area (Å²) in [6.45, 7) is 0.364. The molecule has 7 nitrogen and oxygen atoms in total. The molecular weight excluding hydrogens is 332 g/mol. The summed E-state index contributed by atoms with van der Waals surface area (Å²) in [5.74, 6) is 1.73. The van der Waals surface area contributed by atoms with Crippen LogP contribution in [0.4, 0.5) is 5.82 Å². The van der Waals surface area contributed by atoms with Crippen LogP contribution in [0.3, 0.4) is 0 Å². The van der Waals surface area contributed by atoms with Crippen LogP contribution in [0, 0.1) is 0 Å². The molecule has 1 aliphatic carbocycles. The Kier molecular flexibility index (Phi) is 5.88. The van der Waals surface area contributed by atoms with Crippen LogP contribution >= 0.6 is 0 Å². The third-order valence-electron chi connectivity index (χ3n) is 4.51. The smallest absolute Gasteiger partial charge is 0.272 e. The highest BCUT2D eigenvalue weighted by Gasteiger charge is 2.15. The van der Waals surface area contributed by atoms with Crippen molar-refractivity contribution in [3.63, 3.8) is 0 Å². The predicted molar refractivity (Wildman–Crippen MR) is 98.6 cm³/mol. The number of rotatable bonds is 7. The van der Waals surface area contributed by atoms with E-state index < -0.39 is 0 Å². The molecule has 1 aromatic heterocycles. The van der Waals surface area contributed by atoms with Gasteiger partial charge in [0.15, 0.2) is 17.2 Å². The maximum Gasteiger partial charge on any atom is 0.272 e. The first-order valence-electron chi connectivity index (χ1n) is 8.79. The van der Waals surface area contributed by atoms with E-state index in [-0.39, 0.29) is 5.91 Å². The number of carbonyl (C=O) groups is 1. The number of benzene rings is 1. The lowest BCUT2D eigenvalue weighted by Gasteiger charge is -2.12. The minimum atomic E-state index is -0.264. The van der Waals surface area contributed by atoms with Crippen LogP contribution in [0.1, 0.15) is 41.7 Å². The van der Waals surface area contributed by atoms with Gasteiger partial charge in [0, 0.05) is 12.6 Å². The largest absolute Gasteiger partial charge is 0.493 e. The zero-order valence-electron chi connectivity index (χ0n) is 15.1. The highest BCUT2D eigenvalue weighted by Crippen LogP contribution is 2.27. The maximum atomic E-state index is 12.3. The minimum absolute atomic E-state index is 0.264. The first-order valence-corrected chi connectivity index (χ1v) is 8.79. The van der Waals surface area contributed by atoms with E-state index in [1.807, 2.05) is 18.2 Å². The molecule has 1 aromatic carbocycles. The molecule has 0 unspecified atom stereocenters. The molecule has 0 bridgehead atoms. The van der Waals surface area contributed by atoms with Crippen molar-refractivity contribution in [3.05, 3.63) is 41.6 Å². The number of anilines is 1. The second-order valence-corrected chi connectivity index (χ2v) is 6.30. The Hall–Kier alpha value is -2.83. The maximum absolute atomic E-state index is 12.3. The van der Waals surface area contributed by atoms with Gasteiger partial charge in [0.1, 0.15) is 5.82 Å². The molecule has 1 heterocycles. The normalized spacial score (nSPS) is 14.1. The zero-order chi connectivity index (χ0) is 18.4. The third kappa shape index (κ3) is 4.41. The summed E-state index contributed by atoms with van der Waals surface area (Å²) in [5, 5.41) is 14.3. The second-order valence-electron chi connectivity index (χ2n) is 6.30. The van der Waals surface area contributed by atoms with E-state index >= 15 is 0 Å². The summed E-state index contributed by atoms with van der Waals surface area (Å²) in [5.41, 5.74) is 1.20. The molecule has 26 heavy (non-hydrogen) atoms. The van der Waals surface area contributed by atoms with Crippen molar-refractivity contribution in [2.45, 2.75) is 38.3 Å². The van der Waals surface area contributed by atoms with Crippen molar-refractivity contribution in [2.75, 3.05) is 19.5 Å². The van der Waals surface area contributed by atoms with E-state index in [2.05, 4.69) is 20.8 Å². The summed E-state index contributed by atoms with van der Waals surface area (Å²) < 4.78 is 10.5. The number of nitrogens with zero attached hydrogens (tertiary/aromatic N) is 2. The molecule has 2 aromatic rings. The minimum Gasteiger partial charge on any atom is -0.493 e. The van der Waals surface area contributed by atoms with Crippen molar-refractivity contribution in [3.8, 4) is 11.5 Å². The molecule has 1 aliphatic rings. The van der Waals surface area contributed by atoms with Gasteiger partial charge in [0.05, 0.1) is 14.2 Å². The molecular formula is C19H24N4O3. The zero-order valence-corrected chi connectivity index (χ0v) is 15.1. The van der Waals surface area contributed by atoms with E-state index in [1.54, 1.807) is 26.4 Å². The van der Waals surface area contributed by atoms with Gasteiger partial charge in [0.25, 0.3) is 5.91 Å². The second kappa shape index (κ2) is 8.51. The number of amides is 1. The highest BCUT2D eigenvalue weighted by atomic mass is 16.5.